The number of aromatic nitrogens is 2. The van der Waals surface area contributed by atoms with E-state index < -0.39 is 5.97 Å². The molecule has 1 amide bonds. The zero-order valence-electron chi connectivity index (χ0n) is 14.4. The van der Waals surface area contributed by atoms with Gasteiger partial charge in [-0.05, 0) is 32.3 Å². The summed E-state index contributed by atoms with van der Waals surface area (Å²) in [5.74, 6) is -0.282. The summed E-state index contributed by atoms with van der Waals surface area (Å²) in [6.45, 7) is 1.54. The molecule has 0 bridgehead atoms. The van der Waals surface area contributed by atoms with Gasteiger partial charge in [-0.25, -0.2) is 14.8 Å². The highest BCUT2D eigenvalue weighted by Gasteiger charge is 2.11. The van der Waals surface area contributed by atoms with Crippen LogP contribution in [0, 0.1) is 0 Å². The highest BCUT2D eigenvalue weighted by molar-refractivity contribution is 6.03. The van der Waals surface area contributed by atoms with Gasteiger partial charge in [0.1, 0.15) is 17.8 Å². The fraction of sp³-hybridized carbons (Fsp3) is 0.294. The molecule has 0 aliphatic carbocycles. The maximum Gasteiger partial charge on any atom is 0.337 e. The standard InChI is InChI=1S/C17H21N5O3/c1-22(2)8-7-18-15-10-14(19-11-20-15)16(23)21-13-6-4-5-12(9-13)17(24)25-3/h4-6,9-11H,7-8H2,1-3H3,(H,21,23)(H,18,19,20). The van der Waals surface area contributed by atoms with Gasteiger partial charge in [-0.3, -0.25) is 4.79 Å². The lowest BCUT2D eigenvalue weighted by Gasteiger charge is -2.11. The molecule has 0 aliphatic rings. The van der Waals surface area contributed by atoms with Gasteiger partial charge in [0.2, 0.25) is 0 Å². The van der Waals surface area contributed by atoms with E-state index in [1.54, 1.807) is 30.3 Å². The van der Waals surface area contributed by atoms with Crippen LogP contribution in [0.5, 0.6) is 0 Å². The quantitative estimate of drug-likeness (QED) is 0.735. The number of amides is 1. The van der Waals surface area contributed by atoms with E-state index in [0.717, 1.165) is 6.54 Å². The lowest BCUT2D eigenvalue weighted by Crippen LogP contribution is -2.21. The Labute approximate surface area is 146 Å². The number of ether oxygens (including phenoxy) is 1. The Morgan fingerprint density at radius 2 is 2.00 bits per heavy atom. The van der Waals surface area contributed by atoms with Crippen LogP contribution in [0.25, 0.3) is 0 Å². The van der Waals surface area contributed by atoms with Crippen molar-refractivity contribution in [2.75, 3.05) is 44.9 Å². The topological polar surface area (TPSA) is 96.4 Å². The molecule has 25 heavy (non-hydrogen) atoms. The number of benzene rings is 1. The number of hydrogen-bond donors (Lipinski definition) is 2. The zero-order valence-corrected chi connectivity index (χ0v) is 14.4. The Morgan fingerprint density at radius 1 is 1.20 bits per heavy atom. The Hall–Kier alpha value is -3.00. The zero-order chi connectivity index (χ0) is 18.2. The summed E-state index contributed by atoms with van der Waals surface area (Å²) in [6, 6.07) is 8.08. The number of methoxy groups -OCH3 is 1. The molecule has 0 aliphatic heterocycles. The summed E-state index contributed by atoms with van der Waals surface area (Å²) in [7, 11) is 5.26. The molecule has 132 valence electrons. The number of anilines is 2. The third kappa shape index (κ3) is 5.54. The molecule has 2 rings (SSSR count). The number of nitrogens with one attached hydrogen (secondary N) is 2. The fourth-order valence-electron chi connectivity index (χ4n) is 2.02. The molecule has 8 heteroatoms. The number of carbonyl (C=O) groups is 2. The molecule has 1 heterocycles. The smallest absolute Gasteiger partial charge is 0.337 e. The number of esters is 1. The predicted octanol–water partition coefficient (Wildman–Crippen LogP) is 1.49. The van der Waals surface area contributed by atoms with E-state index in [9.17, 15) is 9.59 Å². The average molecular weight is 343 g/mol. The van der Waals surface area contributed by atoms with Crippen LogP contribution < -0.4 is 10.6 Å². The van der Waals surface area contributed by atoms with Gasteiger partial charge >= 0.3 is 5.97 Å². The first-order valence-electron chi connectivity index (χ1n) is 7.70. The molecule has 0 spiro atoms. The van der Waals surface area contributed by atoms with Crippen molar-refractivity contribution in [2.24, 2.45) is 0 Å². The van der Waals surface area contributed by atoms with Crippen molar-refractivity contribution in [3.63, 3.8) is 0 Å². The number of hydrogen-bond acceptors (Lipinski definition) is 7. The summed E-state index contributed by atoms with van der Waals surface area (Å²) < 4.78 is 4.67. The maximum atomic E-state index is 12.3. The summed E-state index contributed by atoms with van der Waals surface area (Å²) in [5, 5.41) is 5.84. The summed E-state index contributed by atoms with van der Waals surface area (Å²) in [5.41, 5.74) is 1.06. The molecule has 1 aromatic carbocycles. The minimum atomic E-state index is -0.467. The normalized spacial score (nSPS) is 10.4. The van der Waals surface area contributed by atoms with E-state index >= 15 is 0 Å². The van der Waals surface area contributed by atoms with Crippen molar-refractivity contribution in [1.82, 2.24) is 14.9 Å². The maximum absolute atomic E-state index is 12.3. The summed E-state index contributed by atoms with van der Waals surface area (Å²) >= 11 is 0. The van der Waals surface area contributed by atoms with Crippen molar-refractivity contribution in [1.29, 1.82) is 0 Å². The third-order valence-electron chi connectivity index (χ3n) is 3.31. The highest BCUT2D eigenvalue weighted by atomic mass is 16.5. The van der Waals surface area contributed by atoms with Gasteiger partial charge in [-0.1, -0.05) is 6.07 Å². The van der Waals surface area contributed by atoms with Crippen molar-refractivity contribution in [3.8, 4) is 0 Å². The van der Waals surface area contributed by atoms with E-state index in [0.29, 0.717) is 23.6 Å². The Bertz CT molecular complexity index is 749. The van der Waals surface area contributed by atoms with E-state index in [1.165, 1.54) is 13.4 Å². The first-order valence-corrected chi connectivity index (χ1v) is 7.70. The Balaban J connectivity index is 2.04. The van der Waals surface area contributed by atoms with Crippen LogP contribution in [-0.4, -0.2) is 61.0 Å². The van der Waals surface area contributed by atoms with Gasteiger partial charge in [-0.15, -0.1) is 0 Å². The largest absolute Gasteiger partial charge is 0.465 e. The first-order chi connectivity index (χ1) is 12.0. The molecule has 2 aromatic rings. The summed E-state index contributed by atoms with van der Waals surface area (Å²) in [6.07, 6.45) is 1.33. The molecule has 0 radical (unpaired) electrons. The number of rotatable bonds is 7. The third-order valence-corrected chi connectivity index (χ3v) is 3.31. The van der Waals surface area contributed by atoms with Gasteiger partial charge in [0.25, 0.3) is 5.91 Å². The number of carbonyl (C=O) groups excluding carboxylic acids is 2. The summed E-state index contributed by atoms with van der Waals surface area (Å²) in [4.78, 5) is 34.0. The molecule has 2 N–H and O–H groups in total. The van der Waals surface area contributed by atoms with Crippen LogP contribution in [-0.2, 0) is 4.74 Å². The van der Waals surface area contributed by atoms with Gasteiger partial charge in [0, 0.05) is 24.8 Å². The monoisotopic (exact) mass is 343 g/mol. The Morgan fingerprint density at radius 3 is 2.72 bits per heavy atom. The van der Waals surface area contributed by atoms with Crippen LogP contribution >= 0.6 is 0 Å². The number of likely N-dealkylation sites (N-methyl/N-ethyl adjacent to an activating group) is 1. The fourth-order valence-corrected chi connectivity index (χ4v) is 2.02. The number of nitrogens with zero attached hydrogens (tertiary/aromatic N) is 3. The van der Waals surface area contributed by atoms with Crippen LogP contribution in [0.1, 0.15) is 20.8 Å². The van der Waals surface area contributed by atoms with Crippen molar-refractivity contribution < 1.29 is 14.3 Å². The molecule has 0 atom stereocenters. The van der Waals surface area contributed by atoms with E-state index in [-0.39, 0.29) is 11.6 Å². The lowest BCUT2D eigenvalue weighted by atomic mass is 10.2. The second-order valence-electron chi connectivity index (χ2n) is 5.55. The lowest BCUT2D eigenvalue weighted by molar-refractivity contribution is 0.0600. The second kappa shape index (κ2) is 8.74. The van der Waals surface area contributed by atoms with Gasteiger partial charge in [0.05, 0.1) is 12.7 Å². The molecular weight excluding hydrogens is 322 g/mol. The molecule has 1 aromatic heterocycles. The van der Waals surface area contributed by atoms with Crippen LogP contribution in [0.4, 0.5) is 11.5 Å². The SMILES string of the molecule is COC(=O)c1cccc(NC(=O)c2cc(NCCN(C)C)ncn2)c1. The molecule has 0 fully saturated rings. The van der Waals surface area contributed by atoms with Crippen LogP contribution in [0.3, 0.4) is 0 Å². The predicted molar refractivity (Wildman–Crippen MR) is 94.8 cm³/mol. The molecule has 0 unspecified atom stereocenters. The van der Waals surface area contributed by atoms with E-state index in [1.807, 2.05) is 19.0 Å². The minimum Gasteiger partial charge on any atom is -0.465 e. The second-order valence-corrected chi connectivity index (χ2v) is 5.55. The van der Waals surface area contributed by atoms with E-state index in [2.05, 4.69) is 25.3 Å². The van der Waals surface area contributed by atoms with Gasteiger partial charge in [0.15, 0.2) is 0 Å². The van der Waals surface area contributed by atoms with E-state index in [4.69, 9.17) is 0 Å². The van der Waals surface area contributed by atoms with Crippen molar-refractivity contribution in [2.45, 2.75) is 0 Å². The highest BCUT2D eigenvalue weighted by Crippen LogP contribution is 2.13. The molecule has 0 saturated heterocycles. The van der Waals surface area contributed by atoms with Crippen molar-refractivity contribution in [3.05, 3.63) is 47.9 Å². The van der Waals surface area contributed by atoms with Gasteiger partial charge in [-0.2, -0.15) is 0 Å². The van der Waals surface area contributed by atoms with Crippen LogP contribution in [0.2, 0.25) is 0 Å². The molecular formula is C17H21N5O3. The van der Waals surface area contributed by atoms with Gasteiger partial charge < -0.3 is 20.3 Å². The molecule has 8 nitrogen and oxygen atoms in total. The first kappa shape index (κ1) is 18.3. The van der Waals surface area contributed by atoms with Crippen molar-refractivity contribution >= 4 is 23.4 Å². The minimum absolute atomic E-state index is 0.228. The van der Waals surface area contributed by atoms with Crippen LogP contribution in [0.15, 0.2) is 36.7 Å². The average Bonchev–Trinajstić information content (AvgIpc) is 2.61. The molecule has 0 saturated carbocycles. The Kier molecular flexibility index (Phi) is 6.41.